The Morgan fingerprint density at radius 2 is 2.20 bits per heavy atom. The summed E-state index contributed by atoms with van der Waals surface area (Å²) in [6, 6.07) is 0. The van der Waals surface area contributed by atoms with Gasteiger partial charge in [-0.05, 0) is 45.6 Å². The van der Waals surface area contributed by atoms with E-state index in [9.17, 15) is 4.39 Å². The Bertz CT molecular complexity index is 273. The Morgan fingerprint density at radius 1 is 1.53 bits per heavy atom. The van der Waals surface area contributed by atoms with Gasteiger partial charge in [0.25, 0.3) is 0 Å². The lowest BCUT2D eigenvalue weighted by molar-refractivity contribution is 0.250. The van der Waals surface area contributed by atoms with Crippen LogP contribution in [0, 0.1) is 0 Å². The fourth-order valence-electron chi connectivity index (χ4n) is 1.65. The Labute approximate surface area is 90.6 Å². The molecule has 2 atom stereocenters. The Balaban J connectivity index is 2.50. The lowest BCUT2D eigenvalue weighted by atomic mass is 9.85. The maximum Gasteiger partial charge on any atom is 0.142 e. The Morgan fingerprint density at radius 3 is 2.73 bits per heavy atom. The zero-order valence-electron chi connectivity index (χ0n) is 9.41. The highest BCUT2D eigenvalue weighted by Gasteiger charge is 2.32. The smallest absolute Gasteiger partial charge is 0.142 e. The molecule has 0 spiro atoms. The minimum atomic E-state index is -1.18. The summed E-state index contributed by atoms with van der Waals surface area (Å²) in [5.74, 6) is 0. The number of halogens is 1. The molecular formula is C11H20FN3. The zero-order chi connectivity index (χ0) is 11.5. The second-order valence-electron chi connectivity index (χ2n) is 4.42. The van der Waals surface area contributed by atoms with E-state index in [0.717, 1.165) is 13.0 Å². The second kappa shape index (κ2) is 4.77. The highest BCUT2D eigenvalue weighted by molar-refractivity contribution is 5.30. The summed E-state index contributed by atoms with van der Waals surface area (Å²) in [5, 5.41) is 0. The maximum absolute atomic E-state index is 13.7. The minimum absolute atomic E-state index is 0.455. The lowest BCUT2D eigenvalue weighted by Gasteiger charge is -2.31. The summed E-state index contributed by atoms with van der Waals surface area (Å²) in [4.78, 5) is 2.06. The average Bonchev–Trinajstić information content (AvgIpc) is 2.12. The lowest BCUT2D eigenvalue weighted by Crippen LogP contribution is -2.48. The van der Waals surface area contributed by atoms with Gasteiger partial charge in [0.05, 0.1) is 5.54 Å². The van der Waals surface area contributed by atoms with Crippen molar-refractivity contribution in [3.05, 3.63) is 23.9 Å². The molecule has 0 aromatic carbocycles. The van der Waals surface area contributed by atoms with Crippen molar-refractivity contribution in [2.45, 2.75) is 24.6 Å². The average molecular weight is 213 g/mol. The Hall–Kier alpha value is -0.870. The molecule has 1 aliphatic rings. The van der Waals surface area contributed by atoms with Crippen LogP contribution in [0.5, 0.6) is 0 Å². The number of nitrogens with zero attached hydrogens (tertiary/aromatic N) is 1. The summed E-state index contributed by atoms with van der Waals surface area (Å²) < 4.78 is 13.7. The number of alkyl halides is 1. The fraction of sp³-hybridized carbons (Fsp3) is 0.636. The second-order valence-corrected chi connectivity index (χ2v) is 4.42. The molecule has 0 radical (unpaired) electrons. The molecule has 0 aromatic rings. The van der Waals surface area contributed by atoms with E-state index in [4.69, 9.17) is 11.5 Å². The molecule has 1 aliphatic carbocycles. The molecule has 0 amide bonds. The predicted octanol–water partition coefficient (Wildman–Crippen LogP) is 0.776. The van der Waals surface area contributed by atoms with Crippen molar-refractivity contribution >= 4 is 0 Å². The SMILES string of the molecule is CN(C)CCCC1(N)C=CC(N)=CC1F. The standard InChI is InChI=1S/C11H20FN3/c1-15(2)7-3-5-11(14)6-4-9(13)8-10(11)12/h4,6,8,10H,3,5,7,13-14H2,1-2H3. The molecule has 0 saturated heterocycles. The van der Waals surface area contributed by atoms with Gasteiger partial charge < -0.3 is 16.4 Å². The largest absolute Gasteiger partial charge is 0.399 e. The third-order valence-electron chi connectivity index (χ3n) is 2.65. The molecule has 1 rings (SSSR count). The van der Waals surface area contributed by atoms with Crippen LogP contribution in [-0.2, 0) is 0 Å². The highest BCUT2D eigenvalue weighted by Crippen LogP contribution is 2.25. The minimum Gasteiger partial charge on any atom is -0.399 e. The molecular weight excluding hydrogens is 193 g/mol. The van der Waals surface area contributed by atoms with Gasteiger partial charge in [-0.1, -0.05) is 6.08 Å². The van der Waals surface area contributed by atoms with Crippen LogP contribution in [0.2, 0.25) is 0 Å². The maximum atomic E-state index is 13.7. The normalized spacial score (nSPS) is 30.7. The number of nitrogens with two attached hydrogens (primary N) is 2. The van der Waals surface area contributed by atoms with E-state index in [2.05, 4.69) is 4.90 Å². The fourth-order valence-corrected chi connectivity index (χ4v) is 1.65. The van der Waals surface area contributed by atoms with Gasteiger partial charge in [0, 0.05) is 5.70 Å². The molecule has 86 valence electrons. The van der Waals surface area contributed by atoms with E-state index in [-0.39, 0.29) is 0 Å². The van der Waals surface area contributed by atoms with E-state index in [1.165, 1.54) is 6.08 Å². The van der Waals surface area contributed by atoms with E-state index in [0.29, 0.717) is 12.1 Å². The molecule has 2 unspecified atom stereocenters. The molecule has 15 heavy (non-hydrogen) atoms. The number of allylic oxidation sites excluding steroid dienone is 1. The van der Waals surface area contributed by atoms with Crippen LogP contribution in [0.1, 0.15) is 12.8 Å². The number of rotatable bonds is 4. The third kappa shape index (κ3) is 3.32. The molecule has 0 saturated carbocycles. The van der Waals surface area contributed by atoms with Gasteiger partial charge in [-0.15, -0.1) is 0 Å². The van der Waals surface area contributed by atoms with E-state index >= 15 is 0 Å². The van der Waals surface area contributed by atoms with Gasteiger partial charge in [-0.25, -0.2) is 4.39 Å². The van der Waals surface area contributed by atoms with Crippen molar-refractivity contribution in [3.8, 4) is 0 Å². The van der Waals surface area contributed by atoms with Crippen molar-refractivity contribution in [2.75, 3.05) is 20.6 Å². The van der Waals surface area contributed by atoms with E-state index in [1.54, 1.807) is 12.2 Å². The van der Waals surface area contributed by atoms with Crippen molar-refractivity contribution in [1.29, 1.82) is 0 Å². The highest BCUT2D eigenvalue weighted by atomic mass is 19.1. The summed E-state index contributed by atoms with van der Waals surface area (Å²) >= 11 is 0. The van der Waals surface area contributed by atoms with Crippen LogP contribution in [0.4, 0.5) is 4.39 Å². The van der Waals surface area contributed by atoms with E-state index < -0.39 is 11.7 Å². The first kappa shape index (κ1) is 12.2. The summed E-state index contributed by atoms with van der Waals surface area (Å²) in [5.41, 5.74) is 11.0. The molecule has 0 fully saturated rings. The van der Waals surface area contributed by atoms with Gasteiger partial charge in [-0.2, -0.15) is 0 Å². The van der Waals surface area contributed by atoms with Gasteiger partial charge >= 0.3 is 0 Å². The first-order valence-corrected chi connectivity index (χ1v) is 5.18. The first-order chi connectivity index (χ1) is 6.94. The zero-order valence-corrected chi connectivity index (χ0v) is 9.41. The van der Waals surface area contributed by atoms with Gasteiger partial charge in [-0.3, -0.25) is 0 Å². The van der Waals surface area contributed by atoms with Crippen LogP contribution in [0.15, 0.2) is 23.9 Å². The molecule has 3 nitrogen and oxygen atoms in total. The summed E-state index contributed by atoms with van der Waals surface area (Å²) in [6.45, 7) is 0.915. The van der Waals surface area contributed by atoms with Crippen molar-refractivity contribution in [2.24, 2.45) is 11.5 Å². The quantitative estimate of drug-likeness (QED) is 0.725. The van der Waals surface area contributed by atoms with Gasteiger partial charge in [0.15, 0.2) is 0 Å². The molecule has 0 aromatic heterocycles. The van der Waals surface area contributed by atoms with Crippen LogP contribution >= 0.6 is 0 Å². The first-order valence-electron chi connectivity index (χ1n) is 5.18. The summed E-state index contributed by atoms with van der Waals surface area (Å²) in [7, 11) is 3.98. The monoisotopic (exact) mass is 213 g/mol. The van der Waals surface area contributed by atoms with Crippen molar-refractivity contribution in [1.82, 2.24) is 4.90 Å². The van der Waals surface area contributed by atoms with Crippen molar-refractivity contribution in [3.63, 3.8) is 0 Å². The molecule has 0 bridgehead atoms. The van der Waals surface area contributed by atoms with Crippen LogP contribution in [0.3, 0.4) is 0 Å². The Kier molecular flexibility index (Phi) is 3.88. The predicted molar refractivity (Wildman–Crippen MR) is 61.0 cm³/mol. The van der Waals surface area contributed by atoms with Crippen LogP contribution in [-0.4, -0.2) is 37.3 Å². The van der Waals surface area contributed by atoms with Crippen LogP contribution in [0.25, 0.3) is 0 Å². The molecule has 0 aliphatic heterocycles. The molecule has 4 heteroatoms. The number of hydrogen-bond acceptors (Lipinski definition) is 3. The van der Waals surface area contributed by atoms with Gasteiger partial charge in [0.2, 0.25) is 0 Å². The van der Waals surface area contributed by atoms with E-state index in [1.807, 2.05) is 14.1 Å². The van der Waals surface area contributed by atoms with Crippen molar-refractivity contribution < 1.29 is 4.39 Å². The summed E-state index contributed by atoms with van der Waals surface area (Å²) in [6.07, 6.45) is 5.09. The topological polar surface area (TPSA) is 55.3 Å². The molecule has 0 heterocycles. The number of hydrogen-bond donors (Lipinski definition) is 2. The van der Waals surface area contributed by atoms with Crippen LogP contribution < -0.4 is 11.5 Å². The van der Waals surface area contributed by atoms with Gasteiger partial charge in [0.1, 0.15) is 6.17 Å². The molecule has 4 N–H and O–H groups in total. The third-order valence-corrected chi connectivity index (χ3v) is 2.65.